The van der Waals surface area contributed by atoms with E-state index in [1.54, 1.807) is 6.08 Å². The Morgan fingerprint density at radius 2 is 2.33 bits per heavy atom. The number of allylic oxidation sites excluding steroid dienone is 2. The minimum absolute atomic E-state index is 0.000574. The fraction of sp³-hybridized carbons (Fsp3) is 0.429. The van der Waals surface area contributed by atoms with E-state index in [2.05, 4.69) is 6.58 Å². The summed E-state index contributed by atoms with van der Waals surface area (Å²) in [5.41, 5.74) is -0.0941. The molecule has 3 rings (SSSR count). The van der Waals surface area contributed by atoms with Gasteiger partial charge in [-0.2, -0.15) is 5.26 Å². The standard InChI is InChI=1S/C21H22FNO4/c1-4-5-14-10-21(20(9-18(14)24)26-12-27-21)13(2)6-15-7-16(11-23)19(25-3)8-17(15)22/h4,7-9,13-14H,1,5-6,10,12H2,2-3H3/t13?,14-,21+/m0/s1. The normalized spacial score (nSPS) is 25.0. The molecule has 6 heteroatoms. The molecule has 0 saturated carbocycles. The van der Waals surface area contributed by atoms with Crippen LogP contribution in [0, 0.1) is 29.0 Å². The lowest BCUT2D eigenvalue weighted by Gasteiger charge is -2.38. The molecule has 0 aromatic heterocycles. The number of halogens is 1. The first-order valence-corrected chi connectivity index (χ1v) is 8.85. The van der Waals surface area contributed by atoms with E-state index in [4.69, 9.17) is 14.2 Å². The van der Waals surface area contributed by atoms with E-state index in [-0.39, 0.29) is 35.7 Å². The molecular weight excluding hydrogens is 349 g/mol. The molecule has 1 fully saturated rings. The van der Waals surface area contributed by atoms with Crippen molar-refractivity contribution in [2.24, 2.45) is 11.8 Å². The van der Waals surface area contributed by atoms with Crippen molar-refractivity contribution in [2.75, 3.05) is 13.9 Å². The van der Waals surface area contributed by atoms with Crippen LogP contribution in [0.4, 0.5) is 4.39 Å². The van der Waals surface area contributed by atoms with Gasteiger partial charge in [-0.15, -0.1) is 6.58 Å². The Kier molecular flexibility index (Phi) is 5.33. The minimum Gasteiger partial charge on any atom is -0.495 e. The lowest BCUT2D eigenvalue weighted by molar-refractivity contribution is -0.123. The number of nitriles is 1. The second kappa shape index (κ2) is 7.53. The zero-order valence-electron chi connectivity index (χ0n) is 15.5. The molecule has 1 saturated heterocycles. The summed E-state index contributed by atoms with van der Waals surface area (Å²) in [7, 11) is 1.40. The van der Waals surface area contributed by atoms with Crippen LogP contribution in [-0.4, -0.2) is 25.3 Å². The summed E-state index contributed by atoms with van der Waals surface area (Å²) < 4.78 is 31.1. The number of methoxy groups -OCH3 is 1. The molecule has 0 amide bonds. The van der Waals surface area contributed by atoms with Crippen molar-refractivity contribution < 1.29 is 23.4 Å². The van der Waals surface area contributed by atoms with E-state index in [0.29, 0.717) is 30.6 Å². The Balaban J connectivity index is 1.92. The average Bonchev–Trinajstić information content (AvgIpc) is 3.07. The van der Waals surface area contributed by atoms with Crippen LogP contribution in [0.1, 0.15) is 30.9 Å². The quantitative estimate of drug-likeness (QED) is 0.714. The van der Waals surface area contributed by atoms with Gasteiger partial charge in [0.05, 0.1) is 12.7 Å². The molecule has 1 aliphatic heterocycles. The summed E-state index contributed by atoms with van der Waals surface area (Å²) in [6, 6.07) is 4.76. The predicted octanol–water partition coefficient (Wildman–Crippen LogP) is 3.68. The topological polar surface area (TPSA) is 68.6 Å². The van der Waals surface area contributed by atoms with Gasteiger partial charge in [0, 0.05) is 18.1 Å². The second-order valence-corrected chi connectivity index (χ2v) is 6.99. The fourth-order valence-electron chi connectivity index (χ4n) is 3.92. The third-order valence-electron chi connectivity index (χ3n) is 5.44. The number of rotatable bonds is 6. The number of hydrogen-bond acceptors (Lipinski definition) is 5. The number of benzene rings is 1. The summed E-state index contributed by atoms with van der Waals surface area (Å²) >= 11 is 0. The third-order valence-corrected chi connectivity index (χ3v) is 5.44. The van der Waals surface area contributed by atoms with Crippen LogP contribution < -0.4 is 4.74 Å². The molecule has 142 valence electrons. The van der Waals surface area contributed by atoms with Gasteiger partial charge in [-0.05, 0) is 36.8 Å². The van der Waals surface area contributed by atoms with Gasteiger partial charge in [0.1, 0.15) is 29.0 Å². The average molecular weight is 371 g/mol. The van der Waals surface area contributed by atoms with Crippen molar-refractivity contribution in [3.8, 4) is 11.8 Å². The van der Waals surface area contributed by atoms with Gasteiger partial charge in [0.2, 0.25) is 0 Å². The molecule has 0 spiro atoms. The molecule has 27 heavy (non-hydrogen) atoms. The van der Waals surface area contributed by atoms with Gasteiger partial charge in [-0.25, -0.2) is 4.39 Å². The smallest absolute Gasteiger partial charge is 0.189 e. The second-order valence-electron chi connectivity index (χ2n) is 6.99. The van der Waals surface area contributed by atoms with E-state index >= 15 is 0 Å². The first-order valence-electron chi connectivity index (χ1n) is 8.85. The first-order chi connectivity index (χ1) is 12.9. The van der Waals surface area contributed by atoms with Crippen LogP contribution in [0.3, 0.4) is 0 Å². The molecule has 1 aromatic rings. The molecule has 0 bridgehead atoms. The Hall–Kier alpha value is -2.65. The maximum absolute atomic E-state index is 14.5. The highest BCUT2D eigenvalue weighted by Gasteiger charge is 2.51. The van der Waals surface area contributed by atoms with Gasteiger partial charge >= 0.3 is 0 Å². The maximum Gasteiger partial charge on any atom is 0.189 e. The van der Waals surface area contributed by atoms with Crippen molar-refractivity contribution in [3.63, 3.8) is 0 Å². The molecule has 0 N–H and O–H groups in total. The van der Waals surface area contributed by atoms with Crippen molar-refractivity contribution in [3.05, 3.63) is 53.6 Å². The fourth-order valence-corrected chi connectivity index (χ4v) is 3.92. The van der Waals surface area contributed by atoms with Gasteiger partial charge < -0.3 is 14.2 Å². The Bertz CT molecular complexity index is 841. The molecule has 1 aliphatic carbocycles. The molecule has 2 aliphatic rings. The third kappa shape index (κ3) is 3.35. The van der Waals surface area contributed by atoms with Gasteiger partial charge in [0.25, 0.3) is 0 Å². The zero-order valence-corrected chi connectivity index (χ0v) is 15.5. The minimum atomic E-state index is -0.777. The lowest BCUT2D eigenvalue weighted by atomic mass is 9.71. The monoisotopic (exact) mass is 371 g/mol. The van der Waals surface area contributed by atoms with Crippen LogP contribution in [-0.2, 0) is 20.7 Å². The number of fused-ring (bicyclic) bond motifs is 1. The van der Waals surface area contributed by atoms with E-state index in [1.807, 2.05) is 13.0 Å². The molecule has 0 radical (unpaired) electrons. The zero-order chi connectivity index (χ0) is 19.6. The highest BCUT2D eigenvalue weighted by Crippen LogP contribution is 2.46. The van der Waals surface area contributed by atoms with Crippen LogP contribution in [0.15, 0.2) is 36.6 Å². The SMILES string of the molecule is C=CC[C@H]1C[C@]2(C(C)Cc3cc(C#N)c(OC)cc3F)OCOC2=CC1=O. The molecule has 1 aromatic carbocycles. The molecule has 1 unspecified atom stereocenters. The van der Waals surface area contributed by atoms with E-state index in [1.165, 1.54) is 25.3 Å². The van der Waals surface area contributed by atoms with Crippen LogP contribution in [0.25, 0.3) is 0 Å². The van der Waals surface area contributed by atoms with Crippen molar-refractivity contribution in [2.45, 2.75) is 31.8 Å². The maximum atomic E-state index is 14.5. The Morgan fingerprint density at radius 1 is 1.56 bits per heavy atom. The number of ether oxygens (including phenoxy) is 3. The Morgan fingerprint density at radius 3 is 3.00 bits per heavy atom. The van der Waals surface area contributed by atoms with E-state index in [0.717, 1.165) is 0 Å². The van der Waals surface area contributed by atoms with Crippen molar-refractivity contribution in [1.82, 2.24) is 0 Å². The molecule has 1 heterocycles. The number of nitrogens with zero attached hydrogens (tertiary/aromatic N) is 1. The number of carbonyl (C=O) groups is 1. The predicted molar refractivity (Wildman–Crippen MR) is 96.3 cm³/mol. The van der Waals surface area contributed by atoms with Crippen molar-refractivity contribution in [1.29, 1.82) is 5.26 Å². The van der Waals surface area contributed by atoms with E-state index in [9.17, 15) is 14.4 Å². The first kappa shape index (κ1) is 19.1. The Labute approximate surface area is 158 Å². The summed E-state index contributed by atoms with van der Waals surface area (Å²) in [6.07, 6.45) is 4.58. The summed E-state index contributed by atoms with van der Waals surface area (Å²) in [6.45, 7) is 5.73. The molecule has 5 nitrogen and oxygen atoms in total. The summed E-state index contributed by atoms with van der Waals surface area (Å²) in [5.74, 6) is -0.116. The van der Waals surface area contributed by atoms with Crippen LogP contribution >= 0.6 is 0 Å². The number of ketones is 1. The van der Waals surface area contributed by atoms with Gasteiger partial charge in [-0.3, -0.25) is 4.79 Å². The molecular formula is C21H22FNO4. The van der Waals surface area contributed by atoms with Gasteiger partial charge in [0.15, 0.2) is 12.6 Å². The largest absolute Gasteiger partial charge is 0.495 e. The summed E-state index contributed by atoms with van der Waals surface area (Å²) in [5, 5.41) is 9.27. The highest BCUT2D eigenvalue weighted by molar-refractivity contribution is 5.93. The molecule has 3 atom stereocenters. The van der Waals surface area contributed by atoms with Crippen LogP contribution in [0.5, 0.6) is 5.75 Å². The number of carbonyl (C=O) groups excluding carboxylic acids is 1. The van der Waals surface area contributed by atoms with Crippen molar-refractivity contribution >= 4 is 5.78 Å². The van der Waals surface area contributed by atoms with E-state index < -0.39 is 11.4 Å². The summed E-state index contributed by atoms with van der Waals surface area (Å²) in [4.78, 5) is 12.3. The highest BCUT2D eigenvalue weighted by atomic mass is 19.1. The lowest BCUT2D eigenvalue weighted by Crippen LogP contribution is -2.45. The number of hydrogen-bond donors (Lipinski definition) is 0. The van der Waals surface area contributed by atoms with Gasteiger partial charge in [-0.1, -0.05) is 13.0 Å². The van der Waals surface area contributed by atoms with Crippen LogP contribution in [0.2, 0.25) is 0 Å².